The number of halogens is 1. The van der Waals surface area contributed by atoms with Crippen molar-refractivity contribution in [2.24, 2.45) is 0 Å². The van der Waals surface area contributed by atoms with E-state index in [1.807, 2.05) is 19.9 Å². The monoisotopic (exact) mass is 186 g/mol. The summed E-state index contributed by atoms with van der Waals surface area (Å²) >= 11 is 0.230. The molecule has 0 spiro atoms. The van der Waals surface area contributed by atoms with E-state index < -0.39 is 0 Å². The van der Waals surface area contributed by atoms with Crippen LogP contribution in [0.25, 0.3) is 0 Å². The fraction of sp³-hybridized carbons (Fsp3) is 0.400. The van der Waals surface area contributed by atoms with E-state index in [4.69, 9.17) is 0 Å². The minimum absolute atomic E-state index is 0.230. The normalized spacial score (nSPS) is 14.3. The van der Waals surface area contributed by atoms with Crippen LogP contribution < -0.4 is 0 Å². The second kappa shape index (κ2) is 7.17. The van der Waals surface area contributed by atoms with Crippen molar-refractivity contribution < 1.29 is 3.89 Å². The predicted molar refractivity (Wildman–Crippen MR) is 55.6 cm³/mol. The van der Waals surface area contributed by atoms with E-state index in [0.29, 0.717) is 0 Å². The molecule has 0 aromatic heterocycles. The Morgan fingerprint density at radius 2 is 2.00 bits per heavy atom. The third-order valence-electron chi connectivity index (χ3n) is 1.36. The van der Waals surface area contributed by atoms with Gasteiger partial charge in [-0.3, -0.25) is 0 Å². The molecule has 0 nitrogen and oxygen atoms in total. The smallest absolute Gasteiger partial charge is 0.0732 e. The van der Waals surface area contributed by atoms with E-state index >= 15 is 0 Å². The largest absolute Gasteiger partial charge is 0.160 e. The Morgan fingerprint density at radius 3 is 2.50 bits per heavy atom. The Kier molecular flexibility index (Phi) is 6.87. The molecule has 0 fully saturated rings. The third kappa shape index (κ3) is 6.23. The highest BCUT2D eigenvalue weighted by Crippen LogP contribution is 2.08. The van der Waals surface area contributed by atoms with Crippen LogP contribution in [0.5, 0.6) is 0 Å². The summed E-state index contributed by atoms with van der Waals surface area (Å²) in [5, 5.41) is 1.44. The average molecular weight is 186 g/mol. The highest BCUT2D eigenvalue weighted by atomic mass is 32.2. The van der Waals surface area contributed by atoms with Gasteiger partial charge < -0.3 is 0 Å². The van der Waals surface area contributed by atoms with E-state index in [-0.39, 0.29) is 12.1 Å². The van der Waals surface area contributed by atoms with Gasteiger partial charge in [0.25, 0.3) is 0 Å². The first-order valence-corrected chi connectivity index (χ1v) is 4.77. The molecule has 0 saturated carbocycles. The van der Waals surface area contributed by atoms with Crippen LogP contribution in [0.15, 0.2) is 34.8 Å². The molecule has 0 aromatic carbocycles. The molecule has 0 bridgehead atoms. The number of allylic oxidation sites excluding steroid dienone is 5. The number of hydrogen-bond acceptors (Lipinski definition) is 1. The molecule has 12 heavy (non-hydrogen) atoms. The van der Waals surface area contributed by atoms with E-state index in [2.05, 4.69) is 13.0 Å². The van der Waals surface area contributed by atoms with Crippen molar-refractivity contribution in [1.29, 1.82) is 0 Å². The van der Waals surface area contributed by atoms with Gasteiger partial charge in [-0.1, -0.05) is 36.3 Å². The predicted octanol–water partition coefficient (Wildman–Crippen LogP) is 4.42. The molecular weight excluding hydrogens is 171 g/mol. The molecular formula is C10H15FS. The van der Waals surface area contributed by atoms with Crippen LogP contribution in [0, 0.1) is 0 Å². The van der Waals surface area contributed by atoms with Crippen molar-refractivity contribution in [2.75, 3.05) is 0 Å². The lowest BCUT2D eigenvalue weighted by atomic mass is 10.1. The first-order valence-electron chi connectivity index (χ1n) is 3.99. The van der Waals surface area contributed by atoms with Gasteiger partial charge in [-0.25, -0.2) is 0 Å². The van der Waals surface area contributed by atoms with Gasteiger partial charge in [0.2, 0.25) is 0 Å². The van der Waals surface area contributed by atoms with Crippen molar-refractivity contribution >= 4 is 12.1 Å². The number of hydrogen-bond donors (Lipinski definition) is 0. The summed E-state index contributed by atoms with van der Waals surface area (Å²) in [4.78, 5) is 0. The molecule has 0 amide bonds. The van der Waals surface area contributed by atoms with Crippen molar-refractivity contribution in [2.45, 2.75) is 27.2 Å². The van der Waals surface area contributed by atoms with Gasteiger partial charge in [-0.05, 0) is 20.3 Å². The molecule has 0 unspecified atom stereocenters. The summed E-state index contributed by atoms with van der Waals surface area (Å²) in [6.45, 7) is 6.10. The van der Waals surface area contributed by atoms with Crippen LogP contribution in [0.1, 0.15) is 27.2 Å². The molecule has 0 aliphatic carbocycles. The summed E-state index contributed by atoms with van der Waals surface area (Å²) in [7, 11) is 0. The van der Waals surface area contributed by atoms with Crippen LogP contribution in [0.4, 0.5) is 3.89 Å². The van der Waals surface area contributed by atoms with Gasteiger partial charge in [0.05, 0.1) is 12.1 Å². The Bertz CT molecular complexity index is 202. The topological polar surface area (TPSA) is 0 Å². The lowest BCUT2D eigenvalue weighted by Crippen LogP contribution is -1.72. The van der Waals surface area contributed by atoms with Crippen molar-refractivity contribution in [3.63, 3.8) is 0 Å². The molecule has 68 valence electrons. The summed E-state index contributed by atoms with van der Waals surface area (Å²) in [6.07, 6.45) is 6.98. The van der Waals surface area contributed by atoms with Crippen molar-refractivity contribution in [3.05, 3.63) is 34.8 Å². The zero-order valence-electron chi connectivity index (χ0n) is 7.80. The minimum Gasteiger partial charge on any atom is -0.160 e. The fourth-order valence-corrected chi connectivity index (χ4v) is 1.19. The Labute approximate surface area is 78.5 Å². The van der Waals surface area contributed by atoms with Gasteiger partial charge in [0.1, 0.15) is 0 Å². The van der Waals surface area contributed by atoms with Gasteiger partial charge in [-0.2, -0.15) is 3.89 Å². The van der Waals surface area contributed by atoms with Crippen LogP contribution in [0.3, 0.4) is 0 Å². The molecule has 0 rings (SSSR count). The van der Waals surface area contributed by atoms with E-state index in [1.165, 1.54) is 11.0 Å². The zero-order chi connectivity index (χ0) is 9.40. The first-order chi connectivity index (χ1) is 5.70. The summed E-state index contributed by atoms with van der Waals surface area (Å²) in [6, 6.07) is 0. The van der Waals surface area contributed by atoms with Crippen LogP contribution in [-0.2, 0) is 0 Å². The summed E-state index contributed by atoms with van der Waals surface area (Å²) < 4.78 is 11.6. The highest BCUT2D eigenvalue weighted by molar-refractivity contribution is 7.97. The minimum atomic E-state index is 0.230. The first kappa shape index (κ1) is 11.5. The van der Waals surface area contributed by atoms with Crippen molar-refractivity contribution in [1.82, 2.24) is 0 Å². The molecule has 2 heteroatoms. The zero-order valence-corrected chi connectivity index (χ0v) is 8.62. The molecule has 0 aromatic rings. The average Bonchev–Trinajstić information content (AvgIpc) is 2.01. The molecule has 0 heterocycles. The Hall–Kier alpha value is -0.500. The summed E-state index contributed by atoms with van der Waals surface area (Å²) in [5.74, 6) is 0. The van der Waals surface area contributed by atoms with Gasteiger partial charge >= 0.3 is 0 Å². The molecule has 0 radical (unpaired) electrons. The molecule has 0 saturated heterocycles. The SMILES string of the molecule is CC\C=C(C)/C=C(C)\C=C\SF. The van der Waals surface area contributed by atoms with Crippen LogP contribution in [0.2, 0.25) is 0 Å². The van der Waals surface area contributed by atoms with E-state index in [0.717, 1.165) is 12.0 Å². The Morgan fingerprint density at radius 1 is 1.33 bits per heavy atom. The molecule has 0 aliphatic rings. The standard InChI is InChI=1S/C10H15FS/c1-4-5-9(2)8-10(3)6-7-12-11/h5-8H,4H2,1-3H3/b7-6+,9-5-,10-8-. The highest BCUT2D eigenvalue weighted by Gasteiger charge is 1.84. The third-order valence-corrected chi connectivity index (χ3v) is 1.60. The molecule has 0 atom stereocenters. The molecule has 0 aliphatic heterocycles. The van der Waals surface area contributed by atoms with Crippen LogP contribution in [-0.4, -0.2) is 0 Å². The van der Waals surface area contributed by atoms with Crippen molar-refractivity contribution in [3.8, 4) is 0 Å². The van der Waals surface area contributed by atoms with Gasteiger partial charge in [-0.15, -0.1) is 0 Å². The lowest BCUT2D eigenvalue weighted by Gasteiger charge is -1.93. The maximum Gasteiger partial charge on any atom is 0.0732 e. The second-order valence-corrected chi connectivity index (χ2v) is 3.09. The van der Waals surface area contributed by atoms with E-state index in [1.54, 1.807) is 6.08 Å². The molecule has 0 N–H and O–H groups in total. The lowest BCUT2D eigenvalue weighted by molar-refractivity contribution is 0.947. The number of rotatable bonds is 4. The maximum absolute atomic E-state index is 11.6. The maximum atomic E-state index is 11.6. The van der Waals surface area contributed by atoms with Gasteiger partial charge in [0, 0.05) is 5.41 Å². The van der Waals surface area contributed by atoms with E-state index in [9.17, 15) is 3.89 Å². The Balaban J connectivity index is 4.15. The second-order valence-electron chi connectivity index (χ2n) is 2.64. The summed E-state index contributed by atoms with van der Waals surface area (Å²) in [5.41, 5.74) is 2.30. The van der Waals surface area contributed by atoms with Gasteiger partial charge in [0.15, 0.2) is 0 Å². The fourth-order valence-electron chi connectivity index (χ4n) is 0.921. The quantitative estimate of drug-likeness (QED) is 0.586. The van der Waals surface area contributed by atoms with Crippen LogP contribution >= 0.6 is 12.1 Å².